The summed E-state index contributed by atoms with van der Waals surface area (Å²) < 4.78 is 5.19. The van der Waals surface area contributed by atoms with E-state index in [0.29, 0.717) is 33.4 Å². The van der Waals surface area contributed by atoms with Gasteiger partial charge in [-0.3, -0.25) is 14.9 Å². The van der Waals surface area contributed by atoms with E-state index in [1.807, 2.05) is 0 Å². The molecule has 156 valence electrons. The number of nitro groups is 1. The summed E-state index contributed by atoms with van der Waals surface area (Å²) >= 11 is 11.3. The molecular formula is C20H19ClN4O4S. The summed E-state index contributed by atoms with van der Waals surface area (Å²) in [7, 11) is 3.28. The Balaban J connectivity index is 2.03. The lowest BCUT2D eigenvalue weighted by atomic mass is 9.94. The van der Waals surface area contributed by atoms with Gasteiger partial charge >= 0.3 is 0 Å². The summed E-state index contributed by atoms with van der Waals surface area (Å²) in [6.07, 6.45) is 0. The van der Waals surface area contributed by atoms with Gasteiger partial charge in [-0.2, -0.15) is 0 Å². The van der Waals surface area contributed by atoms with E-state index in [-0.39, 0.29) is 16.6 Å². The van der Waals surface area contributed by atoms with Crippen molar-refractivity contribution in [2.75, 3.05) is 19.5 Å². The summed E-state index contributed by atoms with van der Waals surface area (Å²) in [6.45, 7) is 1.77. The van der Waals surface area contributed by atoms with Gasteiger partial charge in [0.2, 0.25) is 0 Å². The molecule has 0 spiro atoms. The van der Waals surface area contributed by atoms with Gasteiger partial charge in [0.25, 0.3) is 11.6 Å². The highest BCUT2D eigenvalue weighted by Gasteiger charge is 2.33. The molecule has 2 aromatic carbocycles. The van der Waals surface area contributed by atoms with E-state index >= 15 is 0 Å². The summed E-state index contributed by atoms with van der Waals surface area (Å²) in [4.78, 5) is 25.7. The molecule has 0 saturated heterocycles. The maximum absolute atomic E-state index is 13.2. The highest BCUT2D eigenvalue weighted by molar-refractivity contribution is 7.80. The van der Waals surface area contributed by atoms with Crippen LogP contribution in [0.3, 0.4) is 0 Å². The minimum Gasteiger partial charge on any atom is -0.497 e. The Morgan fingerprint density at radius 1 is 1.33 bits per heavy atom. The van der Waals surface area contributed by atoms with Crippen LogP contribution in [0.4, 0.5) is 11.4 Å². The van der Waals surface area contributed by atoms with Crippen molar-refractivity contribution in [1.29, 1.82) is 0 Å². The highest BCUT2D eigenvalue weighted by Crippen LogP contribution is 2.34. The van der Waals surface area contributed by atoms with Crippen molar-refractivity contribution < 1.29 is 14.5 Å². The van der Waals surface area contributed by atoms with Crippen molar-refractivity contribution in [1.82, 2.24) is 10.2 Å². The molecule has 1 unspecified atom stereocenters. The average Bonchev–Trinajstić information content (AvgIpc) is 2.71. The molecule has 0 bridgehead atoms. The quantitative estimate of drug-likeness (QED) is 0.406. The maximum Gasteiger partial charge on any atom is 0.288 e. The fraction of sp³-hybridized carbons (Fsp3) is 0.200. The Morgan fingerprint density at radius 2 is 2.07 bits per heavy atom. The number of nitrogens with zero attached hydrogens (tertiary/aromatic N) is 2. The van der Waals surface area contributed by atoms with Crippen molar-refractivity contribution in [3.8, 4) is 5.75 Å². The predicted molar refractivity (Wildman–Crippen MR) is 119 cm³/mol. The van der Waals surface area contributed by atoms with Crippen molar-refractivity contribution in [3.63, 3.8) is 0 Å². The molecule has 2 aromatic rings. The zero-order valence-electron chi connectivity index (χ0n) is 16.4. The van der Waals surface area contributed by atoms with Crippen molar-refractivity contribution in [2.24, 2.45) is 0 Å². The molecule has 0 radical (unpaired) electrons. The molecule has 1 aliphatic rings. The third kappa shape index (κ3) is 4.22. The van der Waals surface area contributed by atoms with Crippen molar-refractivity contribution >= 4 is 46.2 Å². The summed E-state index contributed by atoms with van der Waals surface area (Å²) in [5.74, 6) is 0.230. The van der Waals surface area contributed by atoms with Crippen molar-refractivity contribution in [3.05, 3.63) is 74.4 Å². The van der Waals surface area contributed by atoms with Gasteiger partial charge < -0.3 is 20.3 Å². The van der Waals surface area contributed by atoms with Gasteiger partial charge in [-0.1, -0.05) is 23.7 Å². The van der Waals surface area contributed by atoms with Gasteiger partial charge in [-0.25, -0.2) is 0 Å². The first-order chi connectivity index (χ1) is 14.2. The number of rotatable bonds is 5. The largest absolute Gasteiger partial charge is 0.497 e. The van der Waals surface area contributed by atoms with Gasteiger partial charge in [-0.15, -0.1) is 0 Å². The lowest BCUT2D eigenvalue weighted by molar-refractivity contribution is -0.384. The Morgan fingerprint density at radius 3 is 2.73 bits per heavy atom. The van der Waals surface area contributed by atoms with E-state index in [9.17, 15) is 14.9 Å². The van der Waals surface area contributed by atoms with Crippen molar-refractivity contribution in [2.45, 2.75) is 13.0 Å². The number of hydrogen-bond acceptors (Lipinski definition) is 5. The number of nitro benzene ring substituents is 1. The Bertz CT molecular complexity index is 1070. The molecule has 0 fully saturated rings. The number of nitrogens with one attached hydrogen (secondary N) is 2. The smallest absolute Gasteiger partial charge is 0.288 e. The van der Waals surface area contributed by atoms with Gasteiger partial charge in [0, 0.05) is 30.6 Å². The third-order valence-electron chi connectivity index (χ3n) is 4.83. The van der Waals surface area contributed by atoms with Crippen LogP contribution in [0.25, 0.3) is 0 Å². The van der Waals surface area contributed by atoms with Crippen LogP contribution in [0.15, 0.2) is 53.7 Å². The fourth-order valence-electron chi connectivity index (χ4n) is 3.13. The van der Waals surface area contributed by atoms with Crippen LogP contribution in [0, 0.1) is 10.1 Å². The number of anilines is 1. The number of carbonyl (C=O) groups is 1. The minimum atomic E-state index is -0.685. The molecular weight excluding hydrogens is 428 g/mol. The molecule has 2 N–H and O–H groups in total. The lowest BCUT2D eigenvalue weighted by Crippen LogP contribution is -2.46. The van der Waals surface area contributed by atoms with Gasteiger partial charge in [0.05, 0.1) is 23.6 Å². The number of carbonyl (C=O) groups excluding carboxylic acids is 1. The van der Waals surface area contributed by atoms with Crippen LogP contribution in [-0.4, -0.2) is 35.0 Å². The number of amides is 1. The molecule has 8 nitrogen and oxygen atoms in total. The van der Waals surface area contributed by atoms with E-state index in [1.165, 1.54) is 19.2 Å². The fourth-order valence-corrected chi connectivity index (χ4v) is 3.57. The number of hydrogen-bond donors (Lipinski definition) is 2. The number of methoxy groups -OCH3 is 1. The summed E-state index contributed by atoms with van der Waals surface area (Å²) in [5.41, 5.74) is 1.81. The zero-order valence-corrected chi connectivity index (χ0v) is 18.0. The molecule has 0 aliphatic carbocycles. The van der Waals surface area contributed by atoms with Gasteiger partial charge in [-0.05, 0) is 42.9 Å². The Labute approximate surface area is 183 Å². The molecule has 30 heavy (non-hydrogen) atoms. The lowest BCUT2D eigenvalue weighted by Gasteiger charge is -2.35. The standard InChI is InChI=1S/C20H19ClN4O4S/c1-11-17(19(26)22-13-5-4-6-14(10-13)29-3)18(23-20(30)24(11)2)12-7-8-15(21)16(9-12)25(27)28/h4-10,18H,1-3H3,(H,22,26)(H,23,30). The molecule has 1 atom stereocenters. The van der Waals surface area contributed by atoms with Crippen LogP contribution < -0.4 is 15.4 Å². The topological polar surface area (TPSA) is 96.7 Å². The minimum absolute atomic E-state index is 0.0161. The molecule has 1 heterocycles. The van der Waals surface area contributed by atoms with Crippen LogP contribution in [0.2, 0.25) is 5.02 Å². The predicted octanol–water partition coefficient (Wildman–Crippen LogP) is 4.03. The molecule has 1 amide bonds. The van der Waals surface area contributed by atoms with E-state index in [1.54, 1.807) is 49.2 Å². The first-order valence-electron chi connectivity index (χ1n) is 8.87. The second-order valence-corrected chi connectivity index (χ2v) is 7.39. The number of allylic oxidation sites excluding steroid dienone is 1. The SMILES string of the molecule is COc1cccc(NC(=O)C2=C(C)N(C)C(=S)NC2c2ccc(Cl)c([N+](=O)[O-])c2)c1. The number of thiocarbonyl (C=S) groups is 1. The normalized spacial score (nSPS) is 16.2. The van der Waals surface area contributed by atoms with E-state index in [0.717, 1.165) is 0 Å². The molecule has 0 saturated carbocycles. The number of ether oxygens (including phenoxy) is 1. The van der Waals surface area contributed by atoms with Crippen LogP contribution in [0.1, 0.15) is 18.5 Å². The average molecular weight is 447 g/mol. The van der Waals surface area contributed by atoms with E-state index in [2.05, 4.69) is 10.6 Å². The second kappa shape index (κ2) is 8.68. The van der Waals surface area contributed by atoms with E-state index in [4.69, 9.17) is 28.6 Å². The molecule has 0 aromatic heterocycles. The number of halogens is 1. The van der Waals surface area contributed by atoms with Crippen LogP contribution in [-0.2, 0) is 4.79 Å². The first-order valence-corrected chi connectivity index (χ1v) is 9.65. The summed E-state index contributed by atoms with van der Waals surface area (Å²) in [6, 6.07) is 10.7. The van der Waals surface area contributed by atoms with Crippen LogP contribution in [0.5, 0.6) is 5.75 Å². The van der Waals surface area contributed by atoms with Gasteiger partial charge in [0.1, 0.15) is 10.8 Å². The summed E-state index contributed by atoms with van der Waals surface area (Å²) in [5, 5.41) is 17.7. The molecule has 1 aliphatic heterocycles. The molecule has 3 rings (SSSR count). The maximum atomic E-state index is 13.2. The third-order valence-corrected chi connectivity index (χ3v) is 5.54. The van der Waals surface area contributed by atoms with E-state index < -0.39 is 11.0 Å². The second-order valence-electron chi connectivity index (χ2n) is 6.59. The Kier molecular flexibility index (Phi) is 6.23. The highest BCUT2D eigenvalue weighted by atomic mass is 35.5. The first kappa shape index (κ1) is 21.5. The van der Waals surface area contributed by atoms with Gasteiger partial charge in [0.15, 0.2) is 5.11 Å². The van der Waals surface area contributed by atoms with Crippen LogP contribution >= 0.6 is 23.8 Å². The Hall–Kier alpha value is -3.17. The monoisotopic (exact) mass is 446 g/mol. The molecule has 10 heteroatoms. The number of benzene rings is 2. The zero-order chi connectivity index (χ0) is 22.0.